The smallest absolute Gasteiger partial charge is 0.321 e. The van der Waals surface area contributed by atoms with Crippen molar-refractivity contribution in [1.82, 2.24) is 19.4 Å². The lowest BCUT2D eigenvalue weighted by Crippen LogP contribution is -2.40. The monoisotopic (exact) mass is 445 g/mol. The van der Waals surface area contributed by atoms with E-state index in [1.54, 1.807) is 10.7 Å². The quantitative estimate of drug-likeness (QED) is 0.640. The van der Waals surface area contributed by atoms with Crippen molar-refractivity contribution in [3.8, 4) is 0 Å². The summed E-state index contributed by atoms with van der Waals surface area (Å²) in [6.07, 6.45) is 7.59. The molecule has 1 N–H and O–H groups in total. The number of carbonyl (C=O) groups excluding carboxylic acids is 2. The van der Waals surface area contributed by atoms with E-state index in [0.29, 0.717) is 30.5 Å². The standard InChI is InChI=1S/C26H31N5O2/c1-19-7-12-29(13-8-19)25(32)23-18-27-31-16-11-21(17-24(23)31)20-9-14-30(15-10-20)26(33)28-22-5-3-2-4-6-22/h2-6,11,16-20H,7-10,12-15H2,1H3,(H,28,33). The summed E-state index contributed by atoms with van der Waals surface area (Å²) in [6, 6.07) is 13.7. The van der Waals surface area contributed by atoms with Gasteiger partial charge in [-0.3, -0.25) is 4.79 Å². The summed E-state index contributed by atoms with van der Waals surface area (Å²) in [6.45, 7) is 5.32. The summed E-state index contributed by atoms with van der Waals surface area (Å²) >= 11 is 0. The molecule has 2 fully saturated rings. The molecule has 2 aromatic heterocycles. The third-order valence-electron chi connectivity index (χ3n) is 7.13. The molecule has 0 saturated carbocycles. The number of para-hydroxylation sites is 1. The second-order valence-electron chi connectivity index (χ2n) is 9.38. The topological polar surface area (TPSA) is 70.0 Å². The summed E-state index contributed by atoms with van der Waals surface area (Å²) in [5.41, 5.74) is 3.59. The maximum Gasteiger partial charge on any atom is 0.321 e. The summed E-state index contributed by atoms with van der Waals surface area (Å²) < 4.78 is 1.80. The van der Waals surface area contributed by atoms with Gasteiger partial charge in [-0.15, -0.1) is 0 Å². The first kappa shape index (κ1) is 21.5. The number of hydrogen-bond donors (Lipinski definition) is 1. The number of anilines is 1. The van der Waals surface area contributed by atoms with Crippen LogP contribution in [0.2, 0.25) is 0 Å². The van der Waals surface area contributed by atoms with Gasteiger partial charge < -0.3 is 15.1 Å². The predicted octanol–water partition coefficient (Wildman–Crippen LogP) is 4.62. The molecule has 0 aliphatic carbocycles. The summed E-state index contributed by atoms with van der Waals surface area (Å²) in [5.74, 6) is 1.14. The Labute approximate surface area is 194 Å². The first-order chi connectivity index (χ1) is 16.1. The number of carbonyl (C=O) groups is 2. The SMILES string of the molecule is CC1CCN(C(=O)c2cnn3ccc(C4CCN(C(=O)Nc5ccccc5)CC4)cc23)CC1. The molecule has 0 radical (unpaired) electrons. The first-order valence-electron chi connectivity index (χ1n) is 12.0. The molecule has 0 unspecified atom stereocenters. The number of likely N-dealkylation sites (tertiary alicyclic amines) is 2. The van der Waals surface area contributed by atoms with Crippen LogP contribution in [0.5, 0.6) is 0 Å². The van der Waals surface area contributed by atoms with E-state index in [0.717, 1.165) is 50.0 Å². The fourth-order valence-electron chi connectivity index (χ4n) is 4.94. The lowest BCUT2D eigenvalue weighted by molar-refractivity contribution is 0.0699. The van der Waals surface area contributed by atoms with Gasteiger partial charge in [0.1, 0.15) is 0 Å². The zero-order valence-electron chi connectivity index (χ0n) is 19.1. The Kier molecular flexibility index (Phi) is 6.03. The minimum Gasteiger partial charge on any atom is -0.339 e. The molecule has 1 aromatic carbocycles. The van der Waals surface area contributed by atoms with Crippen molar-refractivity contribution >= 4 is 23.1 Å². The van der Waals surface area contributed by atoms with Gasteiger partial charge >= 0.3 is 6.03 Å². The molecule has 2 aliphatic heterocycles. The number of benzene rings is 1. The number of urea groups is 1. The van der Waals surface area contributed by atoms with Crippen molar-refractivity contribution in [3.63, 3.8) is 0 Å². The van der Waals surface area contributed by atoms with Crippen LogP contribution in [0.3, 0.4) is 0 Å². The first-order valence-corrected chi connectivity index (χ1v) is 12.0. The molecule has 7 heteroatoms. The van der Waals surface area contributed by atoms with E-state index in [9.17, 15) is 9.59 Å². The highest BCUT2D eigenvalue weighted by atomic mass is 16.2. The van der Waals surface area contributed by atoms with E-state index in [-0.39, 0.29) is 11.9 Å². The Morgan fingerprint density at radius 3 is 2.36 bits per heavy atom. The molecular weight excluding hydrogens is 414 g/mol. The minimum absolute atomic E-state index is 0.0466. The Bertz CT molecular complexity index is 1130. The Hall–Kier alpha value is -3.35. The Balaban J connectivity index is 1.25. The lowest BCUT2D eigenvalue weighted by atomic mass is 9.89. The average Bonchev–Trinajstić information content (AvgIpc) is 3.28. The number of nitrogens with zero attached hydrogens (tertiary/aromatic N) is 4. The van der Waals surface area contributed by atoms with Crippen LogP contribution in [-0.4, -0.2) is 57.5 Å². The van der Waals surface area contributed by atoms with Crippen LogP contribution in [0.1, 0.15) is 54.4 Å². The largest absolute Gasteiger partial charge is 0.339 e. The van der Waals surface area contributed by atoms with E-state index in [1.807, 2.05) is 46.3 Å². The maximum absolute atomic E-state index is 13.2. The molecule has 0 bridgehead atoms. The Morgan fingerprint density at radius 2 is 1.64 bits per heavy atom. The summed E-state index contributed by atoms with van der Waals surface area (Å²) in [4.78, 5) is 29.6. The zero-order valence-corrected chi connectivity index (χ0v) is 19.1. The van der Waals surface area contributed by atoms with Crippen molar-refractivity contribution in [3.05, 3.63) is 66.0 Å². The van der Waals surface area contributed by atoms with Gasteiger partial charge in [-0.05, 0) is 67.3 Å². The third kappa shape index (κ3) is 4.58. The highest BCUT2D eigenvalue weighted by Gasteiger charge is 2.26. The van der Waals surface area contributed by atoms with Crippen LogP contribution in [-0.2, 0) is 0 Å². The summed E-state index contributed by atoms with van der Waals surface area (Å²) in [7, 11) is 0. The van der Waals surface area contributed by atoms with Crippen molar-refractivity contribution in [2.75, 3.05) is 31.5 Å². The second-order valence-corrected chi connectivity index (χ2v) is 9.38. The van der Waals surface area contributed by atoms with Crippen LogP contribution >= 0.6 is 0 Å². The number of rotatable bonds is 3. The fraction of sp³-hybridized carbons (Fsp3) is 0.423. The highest BCUT2D eigenvalue weighted by molar-refractivity contribution is 6.00. The van der Waals surface area contributed by atoms with E-state index < -0.39 is 0 Å². The molecule has 3 aromatic rings. The number of piperidine rings is 2. The van der Waals surface area contributed by atoms with Gasteiger partial charge in [-0.25, -0.2) is 9.31 Å². The molecule has 172 valence electrons. The van der Waals surface area contributed by atoms with Gasteiger partial charge in [0.05, 0.1) is 17.3 Å². The van der Waals surface area contributed by atoms with Crippen LogP contribution in [0.25, 0.3) is 5.52 Å². The number of amides is 3. The van der Waals surface area contributed by atoms with Crippen molar-refractivity contribution in [2.24, 2.45) is 5.92 Å². The lowest BCUT2D eigenvalue weighted by Gasteiger charge is -2.32. The average molecular weight is 446 g/mol. The molecule has 3 amide bonds. The van der Waals surface area contributed by atoms with Crippen LogP contribution < -0.4 is 5.32 Å². The van der Waals surface area contributed by atoms with E-state index >= 15 is 0 Å². The van der Waals surface area contributed by atoms with Crippen LogP contribution in [0.15, 0.2) is 54.9 Å². The molecule has 2 saturated heterocycles. The molecule has 4 heterocycles. The summed E-state index contributed by atoms with van der Waals surface area (Å²) in [5, 5.41) is 7.39. The number of hydrogen-bond acceptors (Lipinski definition) is 3. The minimum atomic E-state index is -0.0466. The molecular formula is C26H31N5O2. The predicted molar refractivity (Wildman–Crippen MR) is 129 cm³/mol. The molecule has 0 spiro atoms. The molecule has 7 nitrogen and oxygen atoms in total. The van der Waals surface area contributed by atoms with Crippen molar-refractivity contribution in [1.29, 1.82) is 0 Å². The second kappa shape index (κ2) is 9.25. The van der Waals surface area contributed by atoms with Crippen molar-refractivity contribution in [2.45, 2.75) is 38.5 Å². The van der Waals surface area contributed by atoms with Gasteiger partial charge in [-0.1, -0.05) is 25.1 Å². The normalized spacial score (nSPS) is 18.0. The van der Waals surface area contributed by atoms with Gasteiger partial charge in [0.25, 0.3) is 5.91 Å². The molecule has 2 aliphatic rings. The Morgan fingerprint density at radius 1 is 0.939 bits per heavy atom. The molecule has 5 rings (SSSR count). The van der Waals surface area contributed by atoms with E-state index in [2.05, 4.69) is 29.5 Å². The number of aromatic nitrogens is 2. The zero-order chi connectivity index (χ0) is 22.8. The van der Waals surface area contributed by atoms with Crippen molar-refractivity contribution < 1.29 is 9.59 Å². The van der Waals surface area contributed by atoms with E-state index in [4.69, 9.17) is 0 Å². The highest BCUT2D eigenvalue weighted by Crippen LogP contribution is 2.30. The third-order valence-corrected chi connectivity index (χ3v) is 7.13. The van der Waals surface area contributed by atoms with E-state index in [1.165, 1.54) is 5.56 Å². The fourth-order valence-corrected chi connectivity index (χ4v) is 4.94. The van der Waals surface area contributed by atoms with Crippen LogP contribution in [0.4, 0.5) is 10.5 Å². The van der Waals surface area contributed by atoms with Gasteiger partial charge in [0, 0.05) is 38.1 Å². The number of fused-ring (bicyclic) bond motifs is 1. The van der Waals surface area contributed by atoms with Gasteiger partial charge in [-0.2, -0.15) is 5.10 Å². The van der Waals surface area contributed by atoms with Gasteiger partial charge in [0.2, 0.25) is 0 Å². The number of pyridine rings is 1. The number of nitrogens with one attached hydrogen (secondary N) is 1. The molecule has 33 heavy (non-hydrogen) atoms. The maximum atomic E-state index is 13.2. The van der Waals surface area contributed by atoms with Crippen LogP contribution in [0, 0.1) is 5.92 Å². The molecule has 0 atom stereocenters. The van der Waals surface area contributed by atoms with Gasteiger partial charge in [0.15, 0.2) is 0 Å².